The number of carboxylic acid groups (broad SMARTS) is 1. The summed E-state index contributed by atoms with van der Waals surface area (Å²) in [5.41, 5.74) is 0. The first kappa shape index (κ1) is 17.7. The van der Waals surface area contributed by atoms with Gasteiger partial charge in [0.25, 0.3) is 0 Å². The van der Waals surface area contributed by atoms with Crippen molar-refractivity contribution in [3.63, 3.8) is 0 Å². The van der Waals surface area contributed by atoms with E-state index in [1.54, 1.807) is 6.92 Å². The summed E-state index contributed by atoms with van der Waals surface area (Å²) in [5.74, 6) is -0.997. The second-order valence-electron chi connectivity index (χ2n) is 5.07. The van der Waals surface area contributed by atoms with Crippen molar-refractivity contribution in [1.29, 1.82) is 0 Å². The molecule has 0 saturated carbocycles. The summed E-state index contributed by atoms with van der Waals surface area (Å²) in [4.78, 5) is 25.9. The van der Waals surface area contributed by atoms with E-state index >= 15 is 0 Å². The highest BCUT2D eigenvalue weighted by Crippen LogP contribution is 2.03. The van der Waals surface area contributed by atoms with E-state index in [1.165, 1.54) is 4.90 Å². The number of carboxylic acids is 1. The molecule has 0 aromatic carbocycles. The standard InChI is InChI=1S/C13H27N3O3/c1-6-15(9-12(17)18)13(19)14-7-8-16(10(2)3)11(4)5/h10-11H,6-9H2,1-5H3,(H,14,19)(H,17,18). The lowest BCUT2D eigenvalue weighted by atomic mass is 10.2. The average molecular weight is 273 g/mol. The van der Waals surface area contributed by atoms with Crippen molar-refractivity contribution in [2.75, 3.05) is 26.2 Å². The quantitative estimate of drug-likeness (QED) is 0.697. The number of urea groups is 1. The lowest BCUT2D eigenvalue weighted by Crippen LogP contribution is -2.47. The Morgan fingerprint density at radius 2 is 1.68 bits per heavy atom. The van der Waals surface area contributed by atoms with Crippen molar-refractivity contribution >= 4 is 12.0 Å². The average Bonchev–Trinajstić information content (AvgIpc) is 2.29. The van der Waals surface area contributed by atoms with Crippen LogP contribution < -0.4 is 5.32 Å². The Kier molecular flexibility index (Phi) is 8.14. The zero-order valence-corrected chi connectivity index (χ0v) is 12.6. The van der Waals surface area contributed by atoms with Crippen LogP contribution in [0.2, 0.25) is 0 Å². The van der Waals surface area contributed by atoms with Gasteiger partial charge in [0.2, 0.25) is 0 Å². The van der Waals surface area contributed by atoms with E-state index in [9.17, 15) is 9.59 Å². The fourth-order valence-corrected chi connectivity index (χ4v) is 2.01. The Morgan fingerprint density at radius 3 is 2.05 bits per heavy atom. The van der Waals surface area contributed by atoms with E-state index in [2.05, 4.69) is 37.9 Å². The summed E-state index contributed by atoms with van der Waals surface area (Å²) < 4.78 is 0. The molecule has 0 aliphatic carbocycles. The fourth-order valence-electron chi connectivity index (χ4n) is 2.01. The van der Waals surface area contributed by atoms with Gasteiger partial charge in [-0.1, -0.05) is 0 Å². The molecular formula is C13H27N3O3. The third kappa shape index (κ3) is 7.00. The Morgan fingerprint density at radius 1 is 1.16 bits per heavy atom. The van der Waals surface area contributed by atoms with Crippen molar-refractivity contribution in [1.82, 2.24) is 15.1 Å². The van der Waals surface area contributed by atoms with Crippen LogP contribution >= 0.6 is 0 Å². The molecule has 0 aromatic heterocycles. The number of likely N-dealkylation sites (N-methyl/N-ethyl adjacent to an activating group) is 1. The summed E-state index contributed by atoms with van der Waals surface area (Å²) in [6.07, 6.45) is 0. The molecule has 0 heterocycles. The second kappa shape index (κ2) is 8.74. The first-order valence-electron chi connectivity index (χ1n) is 6.79. The van der Waals surface area contributed by atoms with Gasteiger partial charge >= 0.3 is 12.0 Å². The molecule has 0 saturated heterocycles. The molecule has 2 amide bonds. The number of nitrogens with zero attached hydrogens (tertiary/aromatic N) is 2. The van der Waals surface area contributed by atoms with Crippen LogP contribution in [0.5, 0.6) is 0 Å². The molecule has 0 spiro atoms. The van der Waals surface area contributed by atoms with E-state index in [1.807, 2.05) is 0 Å². The first-order chi connectivity index (χ1) is 8.79. The van der Waals surface area contributed by atoms with Gasteiger partial charge in [0, 0.05) is 31.7 Å². The molecule has 0 aliphatic rings. The highest BCUT2D eigenvalue weighted by Gasteiger charge is 2.16. The summed E-state index contributed by atoms with van der Waals surface area (Å²) >= 11 is 0. The van der Waals surface area contributed by atoms with Crippen LogP contribution in [0, 0.1) is 0 Å². The van der Waals surface area contributed by atoms with Gasteiger partial charge in [-0.3, -0.25) is 9.69 Å². The van der Waals surface area contributed by atoms with Crippen LogP contribution in [-0.4, -0.2) is 65.2 Å². The summed E-state index contributed by atoms with van der Waals surface area (Å²) in [6, 6.07) is 0.508. The minimum atomic E-state index is -0.997. The van der Waals surface area contributed by atoms with Gasteiger partial charge in [0.15, 0.2) is 0 Å². The number of aliphatic carboxylic acids is 1. The first-order valence-corrected chi connectivity index (χ1v) is 6.79. The molecule has 6 nitrogen and oxygen atoms in total. The molecule has 2 N–H and O–H groups in total. The van der Waals surface area contributed by atoms with Crippen molar-refractivity contribution in [2.45, 2.75) is 46.7 Å². The highest BCUT2D eigenvalue weighted by atomic mass is 16.4. The number of carbonyl (C=O) groups is 2. The lowest BCUT2D eigenvalue weighted by Gasteiger charge is -2.30. The van der Waals surface area contributed by atoms with E-state index in [0.29, 0.717) is 25.2 Å². The summed E-state index contributed by atoms with van der Waals surface area (Å²) in [7, 11) is 0. The van der Waals surface area contributed by atoms with Gasteiger partial charge in [0.1, 0.15) is 6.54 Å². The Bertz CT molecular complexity index is 285. The van der Waals surface area contributed by atoms with Crippen LogP contribution in [0.3, 0.4) is 0 Å². The topological polar surface area (TPSA) is 72.9 Å². The van der Waals surface area contributed by atoms with E-state index < -0.39 is 5.97 Å². The Hall–Kier alpha value is -1.30. The molecule has 6 heteroatoms. The molecular weight excluding hydrogens is 246 g/mol. The molecule has 0 radical (unpaired) electrons. The predicted molar refractivity (Wildman–Crippen MR) is 75.3 cm³/mol. The molecule has 0 unspecified atom stereocenters. The third-order valence-electron chi connectivity index (χ3n) is 2.97. The zero-order valence-electron chi connectivity index (χ0n) is 12.6. The normalized spacial score (nSPS) is 11.2. The van der Waals surface area contributed by atoms with Crippen LogP contribution in [-0.2, 0) is 4.79 Å². The highest BCUT2D eigenvalue weighted by molar-refractivity contribution is 5.79. The Labute approximate surface area is 115 Å². The number of carbonyl (C=O) groups excluding carboxylic acids is 1. The summed E-state index contributed by atoms with van der Waals surface area (Å²) in [5, 5.41) is 11.5. The number of amides is 2. The predicted octanol–water partition coefficient (Wildman–Crippen LogP) is 1.22. The molecule has 0 bridgehead atoms. The number of nitrogens with one attached hydrogen (secondary N) is 1. The van der Waals surface area contributed by atoms with E-state index in [-0.39, 0.29) is 12.6 Å². The maximum atomic E-state index is 11.8. The largest absolute Gasteiger partial charge is 0.480 e. The maximum Gasteiger partial charge on any atom is 0.323 e. The van der Waals surface area contributed by atoms with Crippen LogP contribution in [0.4, 0.5) is 4.79 Å². The van der Waals surface area contributed by atoms with Crippen molar-refractivity contribution in [3.05, 3.63) is 0 Å². The third-order valence-corrected chi connectivity index (χ3v) is 2.97. The van der Waals surface area contributed by atoms with Gasteiger partial charge in [0.05, 0.1) is 0 Å². The van der Waals surface area contributed by atoms with Gasteiger partial charge < -0.3 is 15.3 Å². The van der Waals surface area contributed by atoms with E-state index in [4.69, 9.17) is 5.11 Å². The summed E-state index contributed by atoms with van der Waals surface area (Å²) in [6.45, 7) is 11.6. The minimum absolute atomic E-state index is 0.263. The zero-order chi connectivity index (χ0) is 15.0. The molecule has 0 aliphatic heterocycles. The van der Waals surface area contributed by atoms with Gasteiger partial charge in [-0.15, -0.1) is 0 Å². The number of hydrogen-bond acceptors (Lipinski definition) is 3. The van der Waals surface area contributed by atoms with Crippen LogP contribution in [0.1, 0.15) is 34.6 Å². The van der Waals surface area contributed by atoms with Crippen molar-refractivity contribution in [2.24, 2.45) is 0 Å². The van der Waals surface area contributed by atoms with Gasteiger partial charge in [-0.2, -0.15) is 0 Å². The van der Waals surface area contributed by atoms with Gasteiger partial charge in [-0.05, 0) is 34.6 Å². The van der Waals surface area contributed by atoms with Gasteiger partial charge in [-0.25, -0.2) is 4.79 Å². The van der Waals surface area contributed by atoms with Crippen molar-refractivity contribution in [3.8, 4) is 0 Å². The number of rotatable bonds is 8. The molecule has 112 valence electrons. The fraction of sp³-hybridized carbons (Fsp3) is 0.846. The lowest BCUT2D eigenvalue weighted by molar-refractivity contribution is -0.137. The SMILES string of the molecule is CCN(CC(=O)O)C(=O)NCCN(C(C)C)C(C)C. The maximum absolute atomic E-state index is 11.8. The van der Waals surface area contributed by atoms with Crippen LogP contribution in [0.15, 0.2) is 0 Å². The van der Waals surface area contributed by atoms with Crippen LogP contribution in [0.25, 0.3) is 0 Å². The van der Waals surface area contributed by atoms with Crippen molar-refractivity contribution < 1.29 is 14.7 Å². The minimum Gasteiger partial charge on any atom is -0.480 e. The molecule has 0 rings (SSSR count). The smallest absolute Gasteiger partial charge is 0.323 e. The monoisotopic (exact) mass is 273 g/mol. The molecule has 0 atom stereocenters. The molecule has 0 fully saturated rings. The van der Waals surface area contributed by atoms with E-state index in [0.717, 1.165) is 6.54 Å². The Balaban J connectivity index is 4.17. The molecule has 0 aromatic rings. The second-order valence-corrected chi connectivity index (χ2v) is 5.07. The number of hydrogen-bond donors (Lipinski definition) is 2. The molecule has 19 heavy (non-hydrogen) atoms.